The summed E-state index contributed by atoms with van der Waals surface area (Å²) >= 11 is -0.998. The lowest BCUT2D eigenvalue weighted by atomic mass is 9.69. The third-order valence-corrected chi connectivity index (χ3v) is 7.02. The van der Waals surface area contributed by atoms with Crippen LogP contribution in [0.25, 0.3) is 0 Å². The molecule has 5 nitrogen and oxygen atoms in total. The zero-order valence-corrected chi connectivity index (χ0v) is 17.9. The Morgan fingerprint density at radius 1 is 1.20 bits per heavy atom. The van der Waals surface area contributed by atoms with E-state index < -0.39 is 17.0 Å². The van der Waals surface area contributed by atoms with Gasteiger partial charge in [0, 0.05) is 29.9 Å². The van der Waals surface area contributed by atoms with E-state index in [1.807, 2.05) is 46.4 Å². The van der Waals surface area contributed by atoms with Gasteiger partial charge in [0.2, 0.25) is 0 Å². The van der Waals surface area contributed by atoms with Crippen LogP contribution < -0.4 is 0 Å². The smallest absolute Gasteiger partial charge is 0.410 e. The van der Waals surface area contributed by atoms with Gasteiger partial charge in [-0.05, 0) is 60.8 Å². The van der Waals surface area contributed by atoms with Crippen molar-refractivity contribution in [3.8, 4) is 0 Å². The number of hydrogen-bond donors (Lipinski definition) is 0. The van der Waals surface area contributed by atoms with Crippen molar-refractivity contribution in [2.75, 3.05) is 19.6 Å². The molecule has 25 heavy (non-hydrogen) atoms. The molecule has 0 N–H and O–H groups in total. The summed E-state index contributed by atoms with van der Waals surface area (Å²) in [7, 11) is 0. The summed E-state index contributed by atoms with van der Waals surface area (Å²) in [6, 6.07) is 0.274. The zero-order chi connectivity index (χ0) is 19.0. The fourth-order valence-corrected chi connectivity index (χ4v) is 5.76. The lowest BCUT2D eigenvalue weighted by Gasteiger charge is -2.57. The van der Waals surface area contributed by atoms with Crippen molar-refractivity contribution in [3.05, 3.63) is 0 Å². The van der Waals surface area contributed by atoms with E-state index in [-0.39, 0.29) is 22.3 Å². The molecule has 2 fully saturated rings. The topological polar surface area (TPSA) is 55.8 Å². The van der Waals surface area contributed by atoms with Gasteiger partial charge in [-0.25, -0.2) is 4.79 Å². The summed E-state index contributed by atoms with van der Waals surface area (Å²) in [6.07, 6.45) is 3.98. The first-order valence-corrected chi connectivity index (χ1v) is 10.7. The second-order valence-corrected chi connectivity index (χ2v) is 11.8. The molecule has 0 aromatic heterocycles. The molecule has 2 heterocycles. The minimum absolute atomic E-state index is 0.0586. The van der Waals surface area contributed by atoms with Crippen molar-refractivity contribution < 1.29 is 14.1 Å². The Bertz CT molecular complexity index is 486. The number of likely N-dealkylation sites (tertiary alicyclic amines) is 1. The van der Waals surface area contributed by atoms with Crippen molar-refractivity contribution in [3.63, 3.8) is 0 Å². The molecule has 0 radical (unpaired) electrons. The fourth-order valence-electron chi connectivity index (χ4n) is 4.08. The highest BCUT2D eigenvalue weighted by Gasteiger charge is 2.59. The monoisotopic (exact) mass is 372 g/mol. The van der Waals surface area contributed by atoms with Crippen LogP contribution in [0, 0.1) is 5.41 Å². The first kappa shape index (κ1) is 20.8. The number of nitrogens with zero attached hydrogens (tertiary/aromatic N) is 2. The van der Waals surface area contributed by atoms with Crippen molar-refractivity contribution in [1.82, 2.24) is 9.21 Å². The molecule has 1 spiro atoms. The van der Waals surface area contributed by atoms with Crippen LogP contribution in [-0.4, -0.2) is 55.9 Å². The molecule has 0 aliphatic carbocycles. The predicted molar refractivity (Wildman–Crippen MR) is 103 cm³/mol. The maximum atomic E-state index is 12.9. The van der Waals surface area contributed by atoms with Crippen molar-refractivity contribution in [2.24, 2.45) is 5.41 Å². The highest BCUT2D eigenvalue weighted by Crippen LogP contribution is 2.48. The fraction of sp³-hybridized carbons (Fsp3) is 0.947. The quantitative estimate of drug-likeness (QED) is 0.689. The minimum Gasteiger partial charge on any atom is -0.597 e. The van der Waals surface area contributed by atoms with E-state index in [0.717, 1.165) is 45.3 Å². The Labute approximate surface area is 156 Å². The molecular weight excluding hydrogens is 336 g/mol. The van der Waals surface area contributed by atoms with Crippen molar-refractivity contribution in [1.29, 1.82) is 0 Å². The number of carbonyl (C=O) groups excluding carboxylic acids is 1. The maximum absolute atomic E-state index is 12.9. The van der Waals surface area contributed by atoms with Gasteiger partial charge in [0.25, 0.3) is 0 Å². The van der Waals surface area contributed by atoms with Gasteiger partial charge in [0.15, 0.2) is 0 Å². The summed E-state index contributed by atoms with van der Waals surface area (Å²) in [5.41, 5.74) is -0.414. The van der Waals surface area contributed by atoms with Crippen LogP contribution >= 0.6 is 0 Å². The van der Waals surface area contributed by atoms with Gasteiger partial charge in [-0.15, -0.1) is 4.31 Å². The normalized spacial score (nSPS) is 29.9. The van der Waals surface area contributed by atoms with Gasteiger partial charge in [0.05, 0.1) is 12.6 Å². The number of amides is 1. The van der Waals surface area contributed by atoms with Crippen LogP contribution in [0.2, 0.25) is 0 Å². The van der Waals surface area contributed by atoms with Gasteiger partial charge < -0.3 is 14.2 Å². The van der Waals surface area contributed by atoms with Crippen LogP contribution in [0.3, 0.4) is 0 Å². The molecule has 3 atom stereocenters. The second-order valence-electron chi connectivity index (χ2n) is 9.58. The Morgan fingerprint density at radius 2 is 1.84 bits per heavy atom. The van der Waals surface area contributed by atoms with Gasteiger partial charge in [-0.3, -0.25) is 0 Å². The molecule has 146 valence electrons. The lowest BCUT2D eigenvalue weighted by Crippen LogP contribution is -2.70. The molecular formula is C19H36N2O3S. The Kier molecular flexibility index (Phi) is 6.07. The lowest BCUT2D eigenvalue weighted by molar-refractivity contribution is -0.0462. The van der Waals surface area contributed by atoms with E-state index in [0.29, 0.717) is 0 Å². The highest BCUT2D eigenvalue weighted by atomic mass is 32.2. The standard InChI is InChI=1S/C19H36N2O3S/c1-8-15-19(14-21(15)25(23)18(5,6)7)11-9-10-12-20(13-19)16(22)24-17(2,3)4/h15H,8-14H2,1-7H3/t15-,19-,25-/m1/s1. The highest BCUT2D eigenvalue weighted by molar-refractivity contribution is 7.90. The third kappa shape index (κ3) is 4.64. The van der Waals surface area contributed by atoms with Crippen LogP contribution in [0.1, 0.15) is 74.1 Å². The average Bonchev–Trinajstić information content (AvgIpc) is 2.66. The molecule has 1 amide bonds. The van der Waals surface area contributed by atoms with Gasteiger partial charge in [0.1, 0.15) is 10.3 Å². The van der Waals surface area contributed by atoms with Crippen LogP contribution in [-0.2, 0) is 16.1 Å². The number of hydrogen-bond acceptors (Lipinski definition) is 4. The summed E-state index contributed by atoms with van der Waals surface area (Å²) < 4.78 is 20.4. The minimum atomic E-state index is -0.998. The average molecular weight is 373 g/mol. The Hall–Kier alpha value is -0.460. The van der Waals surface area contributed by atoms with E-state index in [4.69, 9.17) is 4.74 Å². The maximum Gasteiger partial charge on any atom is 0.410 e. The number of rotatable bonds is 2. The predicted octanol–water partition coefficient (Wildman–Crippen LogP) is 3.95. The molecule has 6 heteroatoms. The van der Waals surface area contributed by atoms with Crippen molar-refractivity contribution >= 4 is 17.5 Å². The van der Waals surface area contributed by atoms with Crippen LogP contribution in [0.4, 0.5) is 4.79 Å². The molecule has 0 aromatic carbocycles. The second kappa shape index (κ2) is 7.28. The summed E-state index contributed by atoms with van der Waals surface area (Å²) in [4.78, 5) is 14.5. The molecule has 2 saturated heterocycles. The van der Waals surface area contributed by atoms with Gasteiger partial charge in [-0.1, -0.05) is 13.3 Å². The number of carbonyl (C=O) groups is 1. The van der Waals surface area contributed by atoms with E-state index in [9.17, 15) is 9.35 Å². The van der Waals surface area contributed by atoms with Crippen LogP contribution in [0.15, 0.2) is 0 Å². The van der Waals surface area contributed by atoms with E-state index in [1.165, 1.54) is 0 Å². The molecule has 2 rings (SSSR count). The Balaban J connectivity index is 2.13. The van der Waals surface area contributed by atoms with E-state index >= 15 is 0 Å². The first-order chi connectivity index (χ1) is 11.4. The first-order valence-electron chi connectivity index (χ1n) is 9.56. The van der Waals surface area contributed by atoms with E-state index in [1.54, 1.807) is 0 Å². The van der Waals surface area contributed by atoms with Gasteiger partial charge in [-0.2, -0.15) is 0 Å². The molecule has 0 saturated carbocycles. The summed E-state index contributed by atoms with van der Waals surface area (Å²) in [5, 5.41) is 0. The molecule has 2 aliphatic rings. The number of ether oxygens (including phenoxy) is 1. The molecule has 0 aromatic rings. The van der Waals surface area contributed by atoms with E-state index in [2.05, 4.69) is 11.2 Å². The van der Waals surface area contributed by atoms with Gasteiger partial charge >= 0.3 is 6.09 Å². The van der Waals surface area contributed by atoms with Crippen molar-refractivity contribution in [2.45, 2.75) is 90.5 Å². The SMILES string of the molecule is CC[C@H]1N([S@+]([O-])C(C)(C)C)C[C@]12CCCCN(C(=O)OC(C)(C)C)C2. The van der Waals surface area contributed by atoms with Crippen LogP contribution in [0.5, 0.6) is 0 Å². The molecule has 2 aliphatic heterocycles. The molecule has 0 bridgehead atoms. The third-order valence-electron chi connectivity index (χ3n) is 5.16. The Morgan fingerprint density at radius 3 is 2.36 bits per heavy atom. The molecule has 0 unspecified atom stereocenters. The largest absolute Gasteiger partial charge is 0.597 e. The summed E-state index contributed by atoms with van der Waals surface area (Å²) in [6.45, 7) is 16.3. The zero-order valence-electron chi connectivity index (χ0n) is 17.1. The summed E-state index contributed by atoms with van der Waals surface area (Å²) in [5.74, 6) is 0.